The molecule has 178 valence electrons. The Kier molecular flexibility index (Phi) is 5.39. The summed E-state index contributed by atoms with van der Waals surface area (Å²) in [5, 5.41) is 18.8. The van der Waals surface area contributed by atoms with Gasteiger partial charge in [0, 0.05) is 16.9 Å². The Morgan fingerprint density at radius 3 is 2.60 bits per heavy atom. The van der Waals surface area contributed by atoms with E-state index in [-0.39, 0.29) is 29.1 Å². The number of aromatic amines is 2. The molecule has 0 bridgehead atoms. The van der Waals surface area contributed by atoms with Crippen LogP contribution in [0.15, 0.2) is 41.2 Å². The fraction of sp³-hybridized carbons (Fsp3) is 0.167. The van der Waals surface area contributed by atoms with Gasteiger partial charge >= 0.3 is 12.3 Å². The van der Waals surface area contributed by atoms with Crippen LogP contribution < -0.4 is 21.3 Å². The molecule has 4 aromatic rings. The van der Waals surface area contributed by atoms with E-state index in [9.17, 15) is 22.8 Å². The van der Waals surface area contributed by atoms with Crippen LogP contribution in [0.25, 0.3) is 34.3 Å². The molecule has 0 saturated heterocycles. The van der Waals surface area contributed by atoms with E-state index in [2.05, 4.69) is 25.5 Å². The first kappa shape index (κ1) is 22.4. The summed E-state index contributed by atoms with van der Waals surface area (Å²) >= 11 is 0. The van der Waals surface area contributed by atoms with Crippen LogP contribution in [0.2, 0.25) is 0 Å². The van der Waals surface area contributed by atoms with E-state index >= 15 is 0 Å². The zero-order valence-electron chi connectivity index (χ0n) is 18.0. The third-order valence-electron chi connectivity index (χ3n) is 5.78. The fourth-order valence-electron chi connectivity index (χ4n) is 4.26. The summed E-state index contributed by atoms with van der Waals surface area (Å²) in [4.78, 5) is 29.8. The van der Waals surface area contributed by atoms with Gasteiger partial charge in [-0.2, -0.15) is 18.3 Å². The Balaban J connectivity index is 1.60. The van der Waals surface area contributed by atoms with E-state index in [1.165, 1.54) is 30.3 Å². The highest BCUT2D eigenvalue weighted by Gasteiger charge is 2.34. The lowest BCUT2D eigenvalue weighted by atomic mass is 9.94. The number of nitrogens with zero attached hydrogens (tertiary/aromatic N) is 2. The second-order valence-corrected chi connectivity index (χ2v) is 8.11. The summed E-state index contributed by atoms with van der Waals surface area (Å²) in [5.41, 5.74) is 1.10. The van der Waals surface area contributed by atoms with Crippen molar-refractivity contribution in [3.05, 3.63) is 74.0 Å². The standard InChI is InChI=1S/C24H18F3N5O3/c25-24(26,27)17-7-5-12(10-19-14-3-1-2-4-15(14)21(33)32-31-19)9-16(17)13-6-8-18-20(11-13)29-22(28-18)30-23(34)35/h3-9,11H,1-2,10H2,(H,32,33)(H,34,35)(H2,28,29,30). The van der Waals surface area contributed by atoms with Gasteiger partial charge in [-0.3, -0.25) is 10.1 Å². The highest BCUT2D eigenvalue weighted by molar-refractivity contribution is 5.88. The highest BCUT2D eigenvalue weighted by Crippen LogP contribution is 2.38. The van der Waals surface area contributed by atoms with Crippen molar-refractivity contribution in [2.45, 2.75) is 25.4 Å². The van der Waals surface area contributed by atoms with Crippen molar-refractivity contribution in [2.24, 2.45) is 0 Å². The summed E-state index contributed by atoms with van der Waals surface area (Å²) in [5.74, 6) is -0.0311. The molecule has 11 heteroatoms. The molecule has 35 heavy (non-hydrogen) atoms. The Morgan fingerprint density at radius 1 is 1.09 bits per heavy atom. The average molecular weight is 481 g/mol. The minimum Gasteiger partial charge on any atom is -0.465 e. The third-order valence-corrected chi connectivity index (χ3v) is 5.78. The van der Waals surface area contributed by atoms with Gasteiger partial charge in [-0.1, -0.05) is 30.4 Å². The molecule has 0 aliphatic heterocycles. The fourth-order valence-corrected chi connectivity index (χ4v) is 4.26. The molecule has 0 unspecified atom stereocenters. The molecule has 1 amide bonds. The van der Waals surface area contributed by atoms with E-state index in [0.29, 0.717) is 32.7 Å². The predicted octanol–water partition coefficient (Wildman–Crippen LogP) is 3.37. The minimum absolute atomic E-state index is 0.0311. The largest absolute Gasteiger partial charge is 0.465 e. The number of aromatic nitrogens is 4. The maximum atomic E-state index is 13.9. The van der Waals surface area contributed by atoms with Gasteiger partial charge in [0.25, 0.3) is 5.56 Å². The van der Waals surface area contributed by atoms with Crippen molar-refractivity contribution in [3.63, 3.8) is 0 Å². The summed E-state index contributed by atoms with van der Waals surface area (Å²) < 4.78 is 41.6. The van der Waals surface area contributed by atoms with Crippen LogP contribution in [0.1, 0.15) is 29.7 Å². The highest BCUT2D eigenvalue weighted by atomic mass is 19.4. The summed E-state index contributed by atoms with van der Waals surface area (Å²) in [6, 6.07) is 8.42. The van der Waals surface area contributed by atoms with Crippen molar-refractivity contribution in [1.29, 1.82) is 0 Å². The van der Waals surface area contributed by atoms with Gasteiger partial charge in [-0.25, -0.2) is 14.9 Å². The maximum Gasteiger partial charge on any atom is 0.417 e. The molecule has 2 heterocycles. The van der Waals surface area contributed by atoms with E-state index < -0.39 is 17.8 Å². The SMILES string of the molecule is O=C(O)Nc1nc2ccc(-c3cc(Cc4n[nH]c(=O)c5c4=CCCC=5)ccc3C(F)(F)F)cc2[nH]1. The minimum atomic E-state index is -4.59. The Hall–Kier alpha value is -4.41. The number of fused-ring (bicyclic) bond motifs is 2. The molecule has 0 radical (unpaired) electrons. The van der Waals surface area contributed by atoms with Crippen molar-refractivity contribution in [3.8, 4) is 11.1 Å². The number of carboxylic acid groups (broad SMARTS) is 1. The maximum absolute atomic E-state index is 13.9. The molecule has 0 fully saturated rings. The summed E-state index contributed by atoms with van der Waals surface area (Å²) in [6.45, 7) is 0. The van der Waals surface area contributed by atoms with Crippen LogP contribution in [0.4, 0.5) is 23.9 Å². The van der Waals surface area contributed by atoms with Crippen molar-refractivity contribution in [1.82, 2.24) is 20.2 Å². The number of alkyl halides is 3. The topological polar surface area (TPSA) is 124 Å². The number of anilines is 1. The van der Waals surface area contributed by atoms with Gasteiger partial charge in [-0.15, -0.1) is 0 Å². The number of rotatable bonds is 4. The predicted molar refractivity (Wildman–Crippen MR) is 123 cm³/mol. The van der Waals surface area contributed by atoms with Gasteiger partial charge in [0.1, 0.15) is 0 Å². The van der Waals surface area contributed by atoms with E-state index in [1.807, 2.05) is 12.2 Å². The molecule has 1 aliphatic carbocycles. The first-order valence-corrected chi connectivity index (χ1v) is 10.7. The number of amides is 1. The van der Waals surface area contributed by atoms with Gasteiger partial charge in [0.05, 0.1) is 22.3 Å². The molecular formula is C24H18F3N5O3. The molecule has 0 spiro atoms. The van der Waals surface area contributed by atoms with E-state index in [0.717, 1.165) is 18.9 Å². The summed E-state index contributed by atoms with van der Waals surface area (Å²) in [7, 11) is 0. The lowest BCUT2D eigenvalue weighted by molar-refractivity contribution is -0.137. The monoisotopic (exact) mass is 481 g/mol. The molecular weight excluding hydrogens is 463 g/mol. The second-order valence-electron chi connectivity index (χ2n) is 8.11. The quantitative estimate of drug-likeness (QED) is 0.356. The van der Waals surface area contributed by atoms with Crippen molar-refractivity contribution < 1.29 is 23.1 Å². The van der Waals surface area contributed by atoms with Gasteiger partial charge in [-0.05, 0) is 47.7 Å². The molecule has 0 saturated carbocycles. The number of H-pyrrole nitrogens is 2. The van der Waals surface area contributed by atoms with Crippen LogP contribution in [0.3, 0.4) is 0 Å². The van der Waals surface area contributed by atoms with Crippen LogP contribution in [-0.2, 0) is 12.6 Å². The molecule has 1 aliphatic rings. The number of hydrogen-bond acceptors (Lipinski definition) is 4. The van der Waals surface area contributed by atoms with Gasteiger partial charge < -0.3 is 10.1 Å². The molecule has 2 aromatic carbocycles. The zero-order valence-corrected chi connectivity index (χ0v) is 18.0. The Bertz CT molecular complexity index is 1650. The second kappa shape index (κ2) is 8.42. The van der Waals surface area contributed by atoms with Crippen LogP contribution in [-0.4, -0.2) is 31.4 Å². The number of hydrogen-bond donors (Lipinski definition) is 4. The van der Waals surface area contributed by atoms with E-state index in [1.54, 1.807) is 0 Å². The Labute approximate surface area is 194 Å². The lowest BCUT2D eigenvalue weighted by Crippen LogP contribution is -2.45. The molecule has 8 nitrogen and oxygen atoms in total. The zero-order chi connectivity index (χ0) is 24.7. The smallest absolute Gasteiger partial charge is 0.417 e. The first-order valence-electron chi connectivity index (χ1n) is 10.7. The van der Waals surface area contributed by atoms with Crippen molar-refractivity contribution in [2.75, 3.05) is 5.32 Å². The first-order chi connectivity index (χ1) is 16.7. The van der Waals surface area contributed by atoms with Crippen molar-refractivity contribution >= 4 is 35.2 Å². The number of carbonyl (C=O) groups is 1. The number of imidazole rings is 1. The molecule has 5 rings (SSSR count). The van der Waals surface area contributed by atoms with Gasteiger partial charge in [0.2, 0.25) is 5.95 Å². The van der Waals surface area contributed by atoms with Crippen LogP contribution >= 0.6 is 0 Å². The van der Waals surface area contributed by atoms with Crippen LogP contribution in [0, 0.1) is 0 Å². The molecule has 4 N–H and O–H groups in total. The number of halogens is 3. The average Bonchev–Trinajstić information content (AvgIpc) is 3.21. The number of nitrogens with one attached hydrogen (secondary N) is 3. The Morgan fingerprint density at radius 2 is 1.86 bits per heavy atom. The van der Waals surface area contributed by atoms with Crippen LogP contribution in [0.5, 0.6) is 0 Å². The molecule has 0 atom stereocenters. The van der Waals surface area contributed by atoms with Gasteiger partial charge in [0.15, 0.2) is 0 Å². The third kappa shape index (κ3) is 4.39. The lowest BCUT2D eigenvalue weighted by Gasteiger charge is -2.15. The van der Waals surface area contributed by atoms with E-state index in [4.69, 9.17) is 5.11 Å². The number of benzene rings is 2. The molecule has 2 aromatic heterocycles. The summed E-state index contributed by atoms with van der Waals surface area (Å²) in [6.07, 6.45) is -0.421. The normalized spacial score (nSPS) is 13.1.